The number of carbonyl (C=O) groups is 1. The molecule has 0 bridgehead atoms. The number of hydrogen-bond acceptors (Lipinski definition) is 5. The number of nitrogens with zero attached hydrogens (tertiary/aromatic N) is 3. The van der Waals surface area contributed by atoms with Crippen molar-refractivity contribution in [3.05, 3.63) is 99.2 Å². The molecular weight excluding hydrogens is 601 g/mol. The standard InChI is InChI=1S/C30H24Cl3N5O2S/c1-2-3-4-18-5-7-22(8-6-18)38-36-26-16-24(33)25(17-27(26)37-38)34-30(41)35-29(39)12-10-23-9-11-28(40-23)19-13-20(31)15-21(32)14-19/h5-17H,2-4H2,1H3,(H2,34,35,39,41)/b12-10+. The van der Waals surface area contributed by atoms with E-state index in [1.807, 2.05) is 12.1 Å². The molecule has 208 valence electrons. The molecule has 5 aromatic rings. The molecule has 0 radical (unpaired) electrons. The minimum atomic E-state index is -0.447. The van der Waals surface area contributed by atoms with Gasteiger partial charge in [0.15, 0.2) is 5.11 Å². The normalized spacial score (nSPS) is 11.3. The third kappa shape index (κ3) is 7.34. The second-order valence-corrected chi connectivity index (χ2v) is 10.9. The summed E-state index contributed by atoms with van der Waals surface area (Å²) in [6.45, 7) is 2.18. The first kappa shape index (κ1) is 28.8. The van der Waals surface area contributed by atoms with Crippen LogP contribution in [0.15, 0.2) is 77.2 Å². The Kier molecular flexibility index (Phi) is 9.05. The number of benzene rings is 3. The summed E-state index contributed by atoms with van der Waals surface area (Å²) >= 11 is 23.9. The zero-order chi connectivity index (χ0) is 28.9. The summed E-state index contributed by atoms with van der Waals surface area (Å²) in [5.74, 6) is 0.590. The Morgan fingerprint density at radius 2 is 1.68 bits per heavy atom. The maximum atomic E-state index is 12.5. The van der Waals surface area contributed by atoms with Crippen molar-refractivity contribution in [3.63, 3.8) is 0 Å². The van der Waals surface area contributed by atoms with Crippen molar-refractivity contribution in [1.29, 1.82) is 0 Å². The van der Waals surface area contributed by atoms with E-state index in [0.717, 1.165) is 30.5 Å². The summed E-state index contributed by atoms with van der Waals surface area (Å²) in [7, 11) is 0. The third-order valence-electron chi connectivity index (χ3n) is 6.11. The van der Waals surface area contributed by atoms with Gasteiger partial charge in [0.1, 0.15) is 22.6 Å². The summed E-state index contributed by atoms with van der Waals surface area (Å²) < 4.78 is 5.78. The van der Waals surface area contributed by atoms with Gasteiger partial charge in [-0.3, -0.25) is 10.1 Å². The van der Waals surface area contributed by atoms with Crippen molar-refractivity contribution in [1.82, 2.24) is 20.3 Å². The number of unbranched alkanes of at least 4 members (excludes halogenated alkanes) is 1. The first-order valence-corrected chi connectivity index (χ1v) is 14.3. The highest BCUT2D eigenvalue weighted by molar-refractivity contribution is 7.80. The van der Waals surface area contributed by atoms with E-state index in [1.54, 1.807) is 47.3 Å². The Morgan fingerprint density at radius 1 is 0.976 bits per heavy atom. The molecule has 0 aliphatic rings. The summed E-state index contributed by atoms with van der Waals surface area (Å²) in [6, 6.07) is 20.2. The van der Waals surface area contributed by atoms with Gasteiger partial charge >= 0.3 is 0 Å². The predicted octanol–water partition coefficient (Wildman–Crippen LogP) is 8.51. The van der Waals surface area contributed by atoms with Gasteiger partial charge in [-0.15, -0.1) is 10.2 Å². The number of carbonyl (C=O) groups excluding carboxylic acids is 1. The van der Waals surface area contributed by atoms with Crippen LogP contribution < -0.4 is 10.6 Å². The van der Waals surface area contributed by atoms with Gasteiger partial charge in [-0.05, 0) is 91.3 Å². The van der Waals surface area contributed by atoms with Crippen molar-refractivity contribution in [2.75, 3.05) is 5.32 Å². The average molecular weight is 625 g/mol. The molecule has 2 aromatic heterocycles. The van der Waals surface area contributed by atoms with Crippen LogP contribution >= 0.6 is 47.0 Å². The zero-order valence-corrected chi connectivity index (χ0v) is 24.9. The second-order valence-electron chi connectivity index (χ2n) is 9.22. The number of aryl methyl sites for hydroxylation is 1. The number of fused-ring (bicyclic) bond motifs is 1. The van der Waals surface area contributed by atoms with Gasteiger partial charge in [-0.1, -0.05) is 60.3 Å². The van der Waals surface area contributed by atoms with Gasteiger partial charge in [0, 0.05) is 21.7 Å². The van der Waals surface area contributed by atoms with Gasteiger partial charge in [-0.2, -0.15) is 4.80 Å². The van der Waals surface area contributed by atoms with Crippen molar-refractivity contribution >= 4 is 80.8 Å². The molecule has 0 aliphatic carbocycles. The van der Waals surface area contributed by atoms with Crippen LogP contribution in [0.1, 0.15) is 31.1 Å². The van der Waals surface area contributed by atoms with E-state index in [0.29, 0.717) is 43.3 Å². The number of nitrogens with one attached hydrogen (secondary N) is 2. The van der Waals surface area contributed by atoms with Crippen LogP contribution in [0.2, 0.25) is 15.1 Å². The lowest BCUT2D eigenvalue weighted by molar-refractivity contribution is -0.115. The van der Waals surface area contributed by atoms with Crippen LogP contribution in [0.4, 0.5) is 5.69 Å². The van der Waals surface area contributed by atoms with Crippen LogP contribution in [-0.2, 0) is 11.2 Å². The predicted molar refractivity (Wildman–Crippen MR) is 170 cm³/mol. The van der Waals surface area contributed by atoms with Crippen LogP contribution in [0.3, 0.4) is 0 Å². The quantitative estimate of drug-likeness (QED) is 0.133. The van der Waals surface area contributed by atoms with E-state index in [4.69, 9.17) is 51.4 Å². The third-order valence-corrected chi connectivity index (χ3v) is 7.07. The van der Waals surface area contributed by atoms with E-state index >= 15 is 0 Å². The van der Waals surface area contributed by atoms with Crippen molar-refractivity contribution < 1.29 is 9.21 Å². The Hall–Kier alpha value is -3.69. The molecule has 11 heteroatoms. The largest absolute Gasteiger partial charge is 0.457 e. The summed E-state index contributed by atoms with van der Waals surface area (Å²) in [4.78, 5) is 14.0. The summed E-state index contributed by atoms with van der Waals surface area (Å²) in [5.41, 5.74) is 4.60. The van der Waals surface area contributed by atoms with Crippen LogP contribution in [-0.4, -0.2) is 26.0 Å². The van der Waals surface area contributed by atoms with E-state index in [1.165, 1.54) is 17.7 Å². The number of aromatic nitrogens is 3. The highest BCUT2D eigenvalue weighted by atomic mass is 35.5. The second kappa shape index (κ2) is 12.9. The van der Waals surface area contributed by atoms with E-state index in [9.17, 15) is 4.79 Å². The monoisotopic (exact) mass is 623 g/mol. The molecule has 1 amide bonds. The minimum Gasteiger partial charge on any atom is -0.457 e. The molecule has 0 unspecified atom stereocenters. The topological polar surface area (TPSA) is 85.0 Å². The number of amides is 1. The lowest BCUT2D eigenvalue weighted by Gasteiger charge is -2.09. The highest BCUT2D eigenvalue weighted by Gasteiger charge is 2.12. The van der Waals surface area contributed by atoms with Crippen LogP contribution in [0.25, 0.3) is 34.1 Å². The molecule has 3 aromatic carbocycles. The Morgan fingerprint density at radius 3 is 2.39 bits per heavy atom. The Balaban J connectivity index is 1.21. The van der Waals surface area contributed by atoms with E-state index in [2.05, 4.69) is 39.9 Å². The highest BCUT2D eigenvalue weighted by Crippen LogP contribution is 2.29. The lowest BCUT2D eigenvalue weighted by atomic mass is 10.1. The van der Waals surface area contributed by atoms with Gasteiger partial charge in [0.05, 0.1) is 16.4 Å². The summed E-state index contributed by atoms with van der Waals surface area (Å²) in [5, 5.41) is 16.1. The number of hydrogen-bond donors (Lipinski definition) is 2. The molecule has 41 heavy (non-hydrogen) atoms. The molecule has 0 saturated carbocycles. The fourth-order valence-electron chi connectivity index (χ4n) is 4.08. The van der Waals surface area contributed by atoms with Crippen molar-refractivity contribution in [2.45, 2.75) is 26.2 Å². The van der Waals surface area contributed by atoms with Crippen molar-refractivity contribution in [3.8, 4) is 17.0 Å². The molecule has 7 nitrogen and oxygen atoms in total. The molecule has 2 N–H and O–H groups in total. The van der Waals surface area contributed by atoms with Gasteiger partial charge in [0.2, 0.25) is 5.91 Å². The maximum Gasteiger partial charge on any atom is 0.250 e. The van der Waals surface area contributed by atoms with Crippen LogP contribution in [0.5, 0.6) is 0 Å². The van der Waals surface area contributed by atoms with E-state index < -0.39 is 5.91 Å². The minimum absolute atomic E-state index is 0.0738. The zero-order valence-electron chi connectivity index (χ0n) is 21.8. The molecule has 5 rings (SSSR count). The van der Waals surface area contributed by atoms with Crippen molar-refractivity contribution in [2.24, 2.45) is 0 Å². The van der Waals surface area contributed by atoms with Crippen LogP contribution in [0, 0.1) is 0 Å². The fourth-order valence-corrected chi connectivity index (χ4v) is 5.03. The van der Waals surface area contributed by atoms with Gasteiger partial charge < -0.3 is 9.73 Å². The lowest BCUT2D eigenvalue weighted by Crippen LogP contribution is -2.32. The maximum absolute atomic E-state index is 12.5. The Bertz CT molecular complexity index is 1740. The van der Waals surface area contributed by atoms with E-state index in [-0.39, 0.29) is 5.11 Å². The number of thiocarbonyl (C=S) groups is 1. The smallest absolute Gasteiger partial charge is 0.250 e. The first-order valence-electron chi connectivity index (χ1n) is 12.8. The Labute approximate surface area is 257 Å². The molecule has 0 saturated heterocycles. The number of halogens is 3. The molecule has 0 aliphatic heterocycles. The number of rotatable bonds is 8. The number of furan rings is 1. The van der Waals surface area contributed by atoms with Gasteiger partial charge in [0.25, 0.3) is 0 Å². The first-order chi connectivity index (χ1) is 19.8. The molecule has 2 heterocycles. The molecule has 0 spiro atoms. The molecule has 0 atom stereocenters. The number of anilines is 1. The summed E-state index contributed by atoms with van der Waals surface area (Å²) in [6.07, 6.45) is 6.20. The molecule has 0 fully saturated rings. The fraction of sp³-hybridized carbons (Fsp3) is 0.133. The molecular formula is C30H24Cl3N5O2S. The van der Waals surface area contributed by atoms with Gasteiger partial charge in [-0.25, -0.2) is 0 Å². The average Bonchev–Trinajstić information content (AvgIpc) is 3.58. The SMILES string of the molecule is CCCCc1ccc(-n2nc3cc(Cl)c(NC(=S)NC(=O)/C=C/c4ccc(-c5cc(Cl)cc(Cl)c5)o4)cc3n2)cc1.